The third kappa shape index (κ3) is 4.39. The molecule has 1 aliphatic carbocycles. The Morgan fingerprint density at radius 3 is 2.67 bits per heavy atom. The van der Waals surface area contributed by atoms with Gasteiger partial charge in [-0.2, -0.15) is 0 Å². The van der Waals surface area contributed by atoms with Crippen LogP contribution in [-0.2, 0) is 11.2 Å². The molecule has 1 unspecified atom stereocenters. The molecular weight excluding hydrogens is 330 g/mol. The van der Waals surface area contributed by atoms with E-state index in [1.807, 2.05) is 0 Å². The maximum absolute atomic E-state index is 5.36. The highest BCUT2D eigenvalue weighted by Gasteiger charge is 2.24. The topological polar surface area (TPSA) is 47.0 Å². The first-order valence-electron chi connectivity index (χ1n) is 7.98. The number of halogens is 1. The van der Waals surface area contributed by atoms with Gasteiger partial charge in [0.15, 0.2) is 0 Å². The lowest BCUT2D eigenvalue weighted by Crippen LogP contribution is -2.15. The second-order valence-corrected chi connectivity index (χ2v) is 6.64. The summed E-state index contributed by atoms with van der Waals surface area (Å²) in [5.41, 5.74) is 1.18. The van der Waals surface area contributed by atoms with Crippen molar-refractivity contribution in [2.24, 2.45) is 0 Å². The second kappa shape index (κ2) is 8.08. The first-order valence-corrected chi connectivity index (χ1v) is 8.78. The predicted molar refractivity (Wildman–Crippen MR) is 89.9 cm³/mol. The zero-order chi connectivity index (χ0) is 15.2. The van der Waals surface area contributed by atoms with Crippen LogP contribution in [0.2, 0.25) is 0 Å². The number of hydrogen-bond acceptors (Lipinski definition) is 4. The molecule has 0 amide bonds. The highest BCUT2D eigenvalue weighted by atomic mass is 79.9. The van der Waals surface area contributed by atoms with Crippen LogP contribution in [0.25, 0.3) is 0 Å². The number of aromatic nitrogens is 2. The van der Waals surface area contributed by atoms with E-state index < -0.39 is 0 Å². The molecule has 1 N–H and O–H groups in total. The molecule has 4 nitrogen and oxygen atoms in total. The van der Waals surface area contributed by atoms with Gasteiger partial charge in [-0.15, -0.1) is 0 Å². The van der Waals surface area contributed by atoms with E-state index in [2.05, 4.69) is 40.1 Å². The van der Waals surface area contributed by atoms with Crippen LogP contribution in [0.15, 0.2) is 4.47 Å². The fraction of sp³-hybridized carbons (Fsp3) is 0.750. The quantitative estimate of drug-likeness (QED) is 0.791. The van der Waals surface area contributed by atoms with Gasteiger partial charge in [0.2, 0.25) is 0 Å². The highest BCUT2D eigenvalue weighted by molar-refractivity contribution is 9.10. The van der Waals surface area contributed by atoms with Crippen molar-refractivity contribution in [1.29, 1.82) is 0 Å². The van der Waals surface area contributed by atoms with Crippen LogP contribution in [0.4, 0.5) is 5.82 Å². The van der Waals surface area contributed by atoms with E-state index in [-0.39, 0.29) is 6.10 Å². The predicted octanol–water partition coefficient (Wildman–Crippen LogP) is 4.30. The lowest BCUT2D eigenvalue weighted by molar-refractivity contribution is 0.117. The average Bonchev–Trinajstić information content (AvgIpc) is 3.01. The normalized spacial score (nSPS) is 17.1. The summed E-state index contributed by atoms with van der Waals surface area (Å²) in [5, 5.41) is 3.42. The molecule has 1 fully saturated rings. The molecule has 2 rings (SSSR count). The summed E-state index contributed by atoms with van der Waals surface area (Å²) in [5.74, 6) is 2.39. The zero-order valence-corrected chi connectivity index (χ0v) is 14.9. The Morgan fingerprint density at radius 1 is 1.33 bits per heavy atom. The maximum atomic E-state index is 5.36. The molecule has 1 atom stereocenters. The van der Waals surface area contributed by atoms with Gasteiger partial charge in [0.1, 0.15) is 11.6 Å². The van der Waals surface area contributed by atoms with Crippen molar-refractivity contribution >= 4 is 21.7 Å². The van der Waals surface area contributed by atoms with Crippen molar-refractivity contribution in [2.75, 3.05) is 19.0 Å². The Morgan fingerprint density at radius 2 is 2.05 bits per heavy atom. The van der Waals surface area contributed by atoms with Crippen molar-refractivity contribution in [1.82, 2.24) is 9.97 Å². The molecule has 1 aliphatic rings. The van der Waals surface area contributed by atoms with Crippen LogP contribution in [-0.4, -0.2) is 29.7 Å². The number of nitrogens with one attached hydrogen (secondary N) is 1. The highest BCUT2D eigenvalue weighted by Crippen LogP contribution is 2.38. The fourth-order valence-electron chi connectivity index (χ4n) is 2.77. The SMILES string of the molecule is CCCNc1nc(CC(C)OC)nc(C2CCCC2)c1Br. The van der Waals surface area contributed by atoms with Gasteiger partial charge in [0, 0.05) is 26.0 Å². The number of nitrogens with zero attached hydrogens (tertiary/aromatic N) is 2. The first kappa shape index (κ1) is 16.7. The fourth-order valence-corrected chi connectivity index (χ4v) is 3.42. The molecule has 0 bridgehead atoms. The summed E-state index contributed by atoms with van der Waals surface area (Å²) in [4.78, 5) is 9.51. The zero-order valence-electron chi connectivity index (χ0n) is 13.3. The van der Waals surface area contributed by atoms with Crippen LogP contribution in [0.3, 0.4) is 0 Å². The van der Waals surface area contributed by atoms with E-state index in [1.165, 1.54) is 31.4 Å². The second-order valence-electron chi connectivity index (χ2n) is 5.85. The first-order chi connectivity index (χ1) is 10.2. The molecule has 1 heterocycles. The van der Waals surface area contributed by atoms with Gasteiger partial charge < -0.3 is 10.1 Å². The lowest BCUT2D eigenvalue weighted by Gasteiger charge is -2.17. The smallest absolute Gasteiger partial charge is 0.144 e. The molecule has 1 aromatic rings. The Kier molecular flexibility index (Phi) is 6.42. The average molecular weight is 356 g/mol. The molecule has 21 heavy (non-hydrogen) atoms. The summed E-state index contributed by atoms with van der Waals surface area (Å²) in [6.45, 7) is 5.15. The Hall–Kier alpha value is -0.680. The number of methoxy groups -OCH3 is 1. The Bertz CT molecular complexity index is 461. The maximum Gasteiger partial charge on any atom is 0.144 e. The van der Waals surface area contributed by atoms with Gasteiger partial charge in [0.25, 0.3) is 0 Å². The molecule has 1 saturated carbocycles. The molecule has 0 saturated heterocycles. The molecule has 5 heteroatoms. The number of hydrogen-bond donors (Lipinski definition) is 1. The van der Waals surface area contributed by atoms with E-state index >= 15 is 0 Å². The van der Waals surface area contributed by atoms with Gasteiger partial charge in [-0.1, -0.05) is 19.8 Å². The van der Waals surface area contributed by atoms with Gasteiger partial charge in [-0.25, -0.2) is 9.97 Å². The third-order valence-corrected chi connectivity index (χ3v) is 4.86. The van der Waals surface area contributed by atoms with E-state index in [0.29, 0.717) is 5.92 Å². The molecule has 0 spiro atoms. The molecule has 0 aromatic carbocycles. The number of anilines is 1. The summed E-state index contributed by atoms with van der Waals surface area (Å²) in [6, 6.07) is 0. The number of ether oxygens (including phenoxy) is 1. The van der Waals surface area contributed by atoms with E-state index in [4.69, 9.17) is 9.72 Å². The van der Waals surface area contributed by atoms with Crippen LogP contribution < -0.4 is 5.32 Å². The van der Waals surface area contributed by atoms with Gasteiger partial charge in [0.05, 0.1) is 16.3 Å². The van der Waals surface area contributed by atoms with Gasteiger partial charge in [-0.3, -0.25) is 0 Å². The van der Waals surface area contributed by atoms with Gasteiger partial charge >= 0.3 is 0 Å². The molecule has 118 valence electrons. The minimum Gasteiger partial charge on any atom is -0.381 e. The van der Waals surface area contributed by atoms with Gasteiger partial charge in [-0.05, 0) is 42.1 Å². The summed E-state index contributed by atoms with van der Waals surface area (Å²) < 4.78 is 6.41. The third-order valence-electron chi connectivity index (χ3n) is 4.08. The molecular formula is C16H26BrN3O. The molecule has 0 aliphatic heterocycles. The van der Waals surface area contributed by atoms with Crippen LogP contribution >= 0.6 is 15.9 Å². The van der Waals surface area contributed by atoms with Crippen molar-refractivity contribution in [2.45, 2.75) is 64.4 Å². The summed E-state index contributed by atoms with van der Waals surface area (Å²) in [7, 11) is 1.73. The lowest BCUT2D eigenvalue weighted by atomic mass is 10.0. The van der Waals surface area contributed by atoms with Crippen LogP contribution in [0.5, 0.6) is 0 Å². The van der Waals surface area contributed by atoms with E-state index in [9.17, 15) is 0 Å². The number of rotatable bonds is 7. The largest absolute Gasteiger partial charge is 0.381 e. The minimum atomic E-state index is 0.140. The van der Waals surface area contributed by atoms with Crippen molar-refractivity contribution in [3.05, 3.63) is 16.0 Å². The Labute approximate surface area is 136 Å². The van der Waals surface area contributed by atoms with E-state index in [1.54, 1.807) is 7.11 Å². The van der Waals surface area contributed by atoms with E-state index in [0.717, 1.165) is 35.5 Å². The van der Waals surface area contributed by atoms with Crippen molar-refractivity contribution in [3.63, 3.8) is 0 Å². The molecule has 0 radical (unpaired) electrons. The monoisotopic (exact) mass is 355 g/mol. The minimum absolute atomic E-state index is 0.140. The van der Waals surface area contributed by atoms with Crippen LogP contribution in [0.1, 0.15) is 63.4 Å². The molecule has 1 aromatic heterocycles. The summed E-state index contributed by atoms with van der Waals surface area (Å²) >= 11 is 3.72. The van der Waals surface area contributed by atoms with Crippen molar-refractivity contribution < 1.29 is 4.74 Å². The van der Waals surface area contributed by atoms with Crippen molar-refractivity contribution in [3.8, 4) is 0 Å². The Balaban J connectivity index is 2.29. The standard InChI is InChI=1S/C16H26BrN3O/c1-4-9-18-16-14(17)15(12-7-5-6-8-12)19-13(20-16)10-11(2)21-3/h11-12H,4-10H2,1-3H3,(H,18,19,20). The summed E-state index contributed by atoms with van der Waals surface area (Å²) in [6.07, 6.45) is 7.07. The van der Waals surface area contributed by atoms with Crippen LogP contribution in [0, 0.1) is 0 Å².